The van der Waals surface area contributed by atoms with Crippen LogP contribution in [0.25, 0.3) is 0 Å². The molecule has 0 bridgehead atoms. The maximum Gasteiger partial charge on any atom is 0.337 e. The van der Waals surface area contributed by atoms with Gasteiger partial charge in [0, 0.05) is 6.54 Å². The fraction of sp³-hybridized carbons (Fsp3) is 0.417. The fourth-order valence-electron chi connectivity index (χ4n) is 2.07. The molecule has 0 aliphatic carbocycles. The van der Waals surface area contributed by atoms with Gasteiger partial charge >= 0.3 is 5.97 Å². The third-order valence-electron chi connectivity index (χ3n) is 2.87. The number of methoxy groups -OCH3 is 1. The van der Waals surface area contributed by atoms with E-state index in [-0.39, 0.29) is 5.75 Å². The van der Waals surface area contributed by atoms with Crippen LogP contribution in [0.1, 0.15) is 22.3 Å². The first-order valence-electron chi connectivity index (χ1n) is 5.64. The topological polar surface area (TPSA) is 63.7 Å². The Kier molecular flexibility index (Phi) is 3.30. The molecule has 18 heavy (non-hydrogen) atoms. The molecule has 5 nitrogen and oxygen atoms in total. The molecule has 1 aromatic rings. The second-order valence-electron chi connectivity index (χ2n) is 4.29. The van der Waals surface area contributed by atoms with Crippen molar-refractivity contribution >= 4 is 21.7 Å². The van der Waals surface area contributed by atoms with Crippen molar-refractivity contribution in [2.24, 2.45) is 0 Å². The molecule has 0 saturated carbocycles. The van der Waals surface area contributed by atoms with E-state index in [1.807, 2.05) is 6.92 Å². The van der Waals surface area contributed by atoms with E-state index < -0.39 is 16.0 Å². The van der Waals surface area contributed by atoms with Gasteiger partial charge < -0.3 is 4.74 Å². The number of ether oxygens (including phenoxy) is 1. The van der Waals surface area contributed by atoms with E-state index in [4.69, 9.17) is 0 Å². The maximum absolute atomic E-state index is 11.8. The second kappa shape index (κ2) is 4.61. The number of carbonyl (C=O) groups excluding carboxylic acids is 1. The van der Waals surface area contributed by atoms with Crippen LogP contribution < -0.4 is 4.31 Å². The van der Waals surface area contributed by atoms with Crippen molar-refractivity contribution in [2.75, 3.05) is 23.7 Å². The molecule has 0 spiro atoms. The first kappa shape index (κ1) is 12.9. The average Bonchev–Trinajstić information content (AvgIpc) is 2.67. The summed E-state index contributed by atoms with van der Waals surface area (Å²) in [5, 5.41) is 0. The van der Waals surface area contributed by atoms with Gasteiger partial charge in [0.2, 0.25) is 10.0 Å². The predicted molar refractivity (Wildman–Crippen MR) is 68.3 cm³/mol. The number of rotatable bonds is 2. The highest BCUT2D eigenvalue weighted by molar-refractivity contribution is 7.93. The molecule has 0 aromatic heterocycles. The van der Waals surface area contributed by atoms with E-state index in [1.54, 1.807) is 18.2 Å². The van der Waals surface area contributed by atoms with Crippen molar-refractivity contribution in [1.29, 1.82) is 0 Å². The predicted octanol–water partition coefficient (Wildman–Crippen LogP) is 1.32. The highest BCUT2D eigenvalue weighted by Gasteiger charge is 2.29. The minimum absolute atomic E-state index is 0.161. The normalized spacial score (nSPS) is 17.8. The number of carbonyl (C=O) groups is 1. The summed E-state index contributed by atoms with van der Waals surface area (Å²) in [6, 6.07) is 5.00. The van der Waals surface area contributed by atoms with Gasteiger partial charge in [-0.3, -0.25) is 4.31 Å². The third kappa shape index (κ3) is 2.33. The Balaban J connectivity index is 2.46. The van der Waals surface area contributed by atoms with Gasteiger partial charge in [0.15, 0.2) is 0 Å². The van der Waals surface area contributed by atoms with Gasteiger partial charge in [0.25, 0.3) is 0 Å². The van der Waals surface area contributed by atoms with E-state index in [2.05, 4.69) is 4.74 Å². The summed E-state index contributed by atoms with van der Waals surface area (Å²) < 4.78 is 29.7. The molecule has 1 aromatic carbocycles. The van der Waals surface area contributed by atoms with E-state index in [1.165, 1.54) is 11.4 Å². The van der Waals surface area contributed by atoms with Crippen molar-refractivity contribution < 1.29 is 17.9 Å². The Hall–Kier alpha value is -1.56. The van der Waals surface area contributed by atoms with Crippen LogP contribution in [0.4, 0.5) is 5.69 Å². The molecule has 0 N–H and O–H groups in total. The number of hydrogen-bond acceptors (Lipinski definition) is 4. The summed E-state index contributed by atoms with van der Waals surface area (Å²) in [4.78, 5) is 11.5. The number of aryl methyl sites for hydroxylation is 1. The molecule has 0 unspecified atom stereocenters. The SMILES string of the molecule is COC(=O)c1cc(C)cc(N2CCCS2(=O)=O)c1. The number of sulfonamides is 1. The Morgan fingerprint density at radius 3 is 2.61 bits per heavy atom. The van der Waals surface area contributed by atoms with Crippen LogP contribution in [-0.2, 0) is 14.8 Å². The van der Waals surface area contributed by atoms with Crippen LogP contribution in [0.5, 0.6) is 0 Å². The Morgan fingerprint density at radius 1 is 1.33 bits per heavy atom. The molecule has 98 valence electrons. The molecule has 1 aliphatic heterocycles. The lowest BCUT2D eigenvalue weighted by Crippen LogP contribution is -2.25. The lowest BCUT2D eigenvalue weighted by Gasteiger charge is -2.18. The molecular weight excluding hydrogens is 254 g/mol. The van der Waals surface area contributed by atoms with Gasteiger partial charge in [0.1, 0.15) is 0 Å². The largest absolute Gasteiger partial charge is 0.465 e. The molecule has 6 heteroatoms. The minimum Gasteiger partial charge on any atom is -0.465 e. The zero-order valence-corrected chi connectivity index (χ0v) is 11.2. The average molecular weight is 269 g/mol. The first-order chi connectivity index (χ1) is 8.44. The Bertz CT molecular complexity index is 580. The Morgan fingerprint density at radius 2 is 2.06 bits per heavy atom. The Labute approximate surface area is 106 Å². The number of nitrogens with zero attached hydrogens (tertiary/aromatic N) is 1. The summed E-state index contributed by atoms with van der Waals surface area (Å²) in [5.41, 5.74) is 1.73. The van der Waals surface area contributed by atoms with Crippen molar-refractivity contribution in [1.82, 2.24) is 0 Å². The molecule has 0 atom stereocenters. The summed E-state index contributed by atoms with van der Waals surface area (Å²) in [7, 11) is -1.92. The van der Waals surface area contributed by atoms with Crippen molar-refractivity contribution in [3.05, 3.63) is 29.3 Å². The number of benzene rings is 1. The molecule has 1 heterocycles. The fourth-order valence-corrected chi connectivity index (χ4v) is 3.62. The second-order valence-corrected chi connectivity index (χ2v) is 6.30. The highest BCUT2D eigenvalue weighted by Crippen LogP contribution is 2.26. The van der Waals surface area contributed by atoms with E-state index in [0.29, 0.717) is 24.2 Å². The molecule has 1 fully saturated rings. The maximum atomic E-state index is 11.8. The molecule has 0 radical (unpaired) electrons. The summed E-state index contributed by atoms with van der Waals surface area (Å²) in [5.74, 6) is -0.300. The van der Waals surface area contributed by atoms with Crippen LogP contribution >= 0.6 is 0 Å². The van der Waals surface area contributed by atoms with Gasteiger partial charge in [-0.15, -0.1) is 0 Å². The van der Waals surface area contributed by atoms with E-state index in [9.17, 15) is 13.2 Å². The lowest BCUT2D eigenvalue weighted by atomic mass is 10.1. The zero-order chi connectivity index (χ0) is 13.3. The molecule has 2 rings (SSSR count). The summed E-state index contributed by atoms with van der Waals surface area (Å²) in [6.45, 7) is 2.28. The zero-order valence-electron chi connectivity index (χ0n) is 10.3. The number of hydrogen-bond donors (Lipinski definition) is 0. The number of anilines is 1. The molecular formula is C12H15NO4S. The van der Waals surface area contributed by atoms with Gasteiger partial charge in [-0.2, -0.15) is 0 Å². The molecule has 0 amide bonds. The molecule has 1 saturated heterocycles. The van der Waals surface area contributed by atoms with Gasteiger partial charge in [-0.1, -0.05) is 0 Å². The first-order valence-corrected chi connectivity index (χ1v) is 7.25. The van der Waals surface area contributed by atoms with E-state index in [0.717, 1.165) is 5.56 Å². The third-order valence-corrected chi connectivity index (χ3v) is 4.74. The lowest BCUT2D eigenvalue weighted by molar-refractivity contribution is 0.0600. The van der Waals surface area contributed by atoms with Crippen LogP contribution in [-0.4, -0.2) is 33.8 Å². The smallest absolute Gasteiger partial charge is 0.337 e. The highest BCUT2D eigenvalue weighted by atomic mass is 32.2. The standard InChI is InChI=1S/C12H15NO4S/c1-9-6-10(12(14)17-2)8-11(7-9)13-4-3-5-18(13,15)16/h6-8H,3-5H2,1-2H3. The number of esters is 1. The van der Waals surface area contributed by atoms with Crippen molar-refractivity contribution in [2.45, 2.75) is 13.3 Å². The molecule has 1 aliphatic rings. The van der Waals surface area contributed by atoms with Gasteiger partial charge in [-0.05, 0) is 37.1 Å². The minimum atomic E-state index is -3.22. The van der Waals surface area contributed by atoms with Crippen LogP contribution in [0, 0.1) is 6.92 Å². The monoisotopic (exact) mass is 269 g/mol. The van der Waals surface area contributed by atoms with Gasteiger partial charge in [0.05, 0.1) is 24.1 Å². The van der Waals surface area contributed by atoms with Crippen molar-refractivity contribution in [3.8, 4) is 0 Å². The van der Waals surface area contributed by atoms with Crippen LogP contribution in [0.15, 0.2) is 18.2 Å². The summed E-state index contributed by atoms with van der Waals surface area (Å²) in [6.07, 6.45) is 0.615. The van der Waals surface area contributed by atoms with Crippen LogP contribution in [0.2, 0.25) is 0 Å². The summed E-state index contributed by atoms with van der Waals surface area (Å²) >= 11 is 0. The van der Waals surface area contributed by atoms with Crippen LogP contribution in [0.3, 0.4) is 0 Å². The van der Waals surface area contributed by atoms with E-state index >= 15 is 0 Å². The quantitative estimate of drug-likeness (QED) is 0.760. The van der Waals surface area contributed by atoms with Crippen molar-refractivity contribution in [3.63, 3.8) is 0 Å². The van der Waals surface area contributed by atoms with Gasteiger partial charge in [-0.25, -0.2) is 13.2 Å².